The van der Waals surface area contributed by atoms with Crippen molar-refractivity contribution in [3.8, 4) is 16.2 Å². The van der Waals surface area contributed by atoms with Crippen LogP contribution < -0.4 is 15.8 Å². The van der Waals surface area contributed by atoms with Gasteiger partial charge in [0.05, 0.1) is 18.6 Å². The number of ether oxygens (including phenoxy) is 1. The van der Waals surface area contributed by atoms with Crippen molar-refractivity contribution in [3.63, 3.8) is 0 Å². The SMILES string of the molecule is CCOc1ccc(CC(=O)Nc2sc(-c3ccccc3)cc2C(N)=O)cc1. The van der Waals surface area contributed by atoms with Crippen LogP contribution in [0.3, 0.4) is 0 Å². The van der Waals surface area contributed by atoms with Crippen molar-refractivity contribution < 1.29 is 14.3 Å². The number of hydrogen-bond donors (Lipinski definition) is 2. The highest BCUT2D eigenvalue weighted by molar-refractivity contribution is 7.20. The first kappa shape index (κ1) is 18.7. The number of carbonyl (C=O) groups is 2. The molecule has 138 valence electrons. The summed E-state index contributed by atoms with van der Waals surface area (Å²) in [4.78, 5) is 25.1. The quantitative estimate of drug-likeness (QED) is 0.648. The van der Waals surface area contributed by atoms with Crippen LogP contribution in [-0.4, -0.2) is 18.4 Å². The minimum Gasteiger partial charge on any atom is -0.494 e. The number of hydrogen-bond acceptors (Lipinski definition) is 4. The van der Waals surface area contributed by atoms with Gasteiger partial charge in [-0.1, -0.05) is 42.5 Å². The zero-order chi connectivity index (χ0) is 19.2. The Morgan fingerprint density at radius 2 is 1.78 bits per heavy atom. The van der Waals surface area contributed by atoms with Gasteiger partial charge in [0.1, 0.15) is 10.8 Å². The van der Waals surface area contributed by atoms with Gasteiger partial charge in [-0.3, -0.25) is 9.59 Å². The molecule has 0 bridgehead atoms. The van der Waals surface area contributed by atoms with Crippen LogP contribution in [0.15, 0.2) is 60.7 Å². The summed E-state index contributed by atoms with van der Waals surface area (Å²) in [5, 5.41) is 3.29. The molecule has 1 heterocycles. The first-order chi connectivity index (χ1) is 13.1. The maximum absolute atomic E-state index is 12.4. The fourth-order valence-electron chi connectivity index (χ4n) is 2.64. The molecule has 3 aromatic rings. The molecule has 0 saturated carbocycles. The van der Waals surface area contributed by atoms with Gasteiger partial charge in [-0.25, -0.2) is 0 Å². The number of nitrogens with two attached hydrogens (primary N) is 1. The van der Waals surface area contributed by atoms with E-state index in [-0.39, 0.29) is 12.3 Å². The Morgan fingerprint density at radius 3 is 2.41 bits per heavy atom. The fraction of sp³-hybridized carbons (Fsp3) is 0.143. The number of rotatable bonds is 7. The molecule has 27 heavy (non-hydrogen) atoms. The summed E-state index contributed by atoms with van der Waals surface area (Å²) in [5.74, 6) is -0.00338. The number of nitrogens with one attached hydrogen (secondary N) is 1. The number of primary amides is 1. The summed E-state index contributed by atoms with van der Waals surface area (Å²) in [6.45, 7) is 2.51. The summed E-state index contributed by atoms with van der Waals surface area (Å²) in [6, 6.07) is 18.7. The van der Waals surface area contributed by atoms with Crippen molar-refractivity contribution in [2.24, 2.45) is 5.73 Å². The van der Waals surface area contributed by atoms with E-state index in [1.165, 1.54) is 11.3 Å². The average molecular weight is 380 g/mol. The molecule has 0 radical (unpaired) electrons. The smallest absolute Gasteiger partial charge is 0.251 e. The third kappa shape index (κ3) is 4.74. The minimum absolute atomic E-state index is 0.198. The lowest BCUT2D eigenvalue weighted by Crippen LogP contribution is -2.17. The number of benzene rings is 2. The van der Waals surface area contributed by atoms with Crippen LogP contribution in [0.25, 0.3) is 10.4 Å². The number of amides is 2. The number of thiophene rings is 1. The standard InChI is InChI=1S/C21H20N2O3S/c1-2-26-16-10-8-14(9-11-16)12-19(24)23-21-17(20(22)25)13-18(27-21)15-6-4-3-5-7-15/h3-11,13H,2,12H2,1H3,(H2,22,25)(H,23,24). The van der Waals surface area contributed by atoms with Gasteiger partial charge in [0.2, 0.25) is 5.91 Å². The van der Waals surface area contributed by atoms with Gasteiger partial charge in [-0.05, 0) is 36.2 Å². The minimum atomic E-state index is -0.565. The van der Waals surface area contributed by atoms with Crippen molar-refractivity contribution in [3.05, 3.63) is 71.8 Å². The Bertz CT molecular complexity index is 934. The van der Waals surface area contributed by atoms with E-state index in [0.717, 1.165) is 21.8 Å². The first-order valence-electron chi connectivity index (χ1n) is 8.57. The second-order valence-electron chi connectivity index (χ2n) is 5.89. The molecule has 3 N–H and O–H groups in total. The fourth-order valence-corrected chi connectivity index (χ4v) is 3.72. The van der Waals surface area contributed by atoms with Gasteiger partial charge in [0.25, 0.3) is 5.91 Å². The second kappa shape index (κ2) is 8.51. The van der Waals surface area contributed by atoms with E-state index in [2.05, 4.69) is 5.32 Å². The lowest BCUT2D eigenvalue weighted by atomic mass is 10.1. The van der Waals surface area contributed by atoms with Crippen LogP contribution in [0.2, 0.25) is 0 Å². The van der Waals surface area contributed by atoms with E-state index >= 15 is 0 Å². The van der Waals surface area contributed by atoms with E-state index in [1.807, 2.05) is 61.5 Å². The van der Waals surface area contributed by atoms with Gasteiger partial charge >= 0.3 is 0 Å². The van der Waals surface area contributed by atoms with E-state index < -0.39 is 5.91 Å². The predicted octanol–water partition coefficient (Wildman–Crippen LogP) is 4.09. The molecular weight excluding hydrogens is 360 g/mol. The van der Waals surface area contributed by atoms with Crippen LogP contribution in [0.4, 0.5) is 5.00 Å². The lowest BCUT2D eigenvalue weighted by molar-refractivity contribution is -0.115. The highest BCUT2D eigenvalue weighted by Crippen LogP contribution is 2.35. The molecule has 0 aliphatic carbocycles. The lowest BCUT2D eigenvalue weighted by Gasteiger charge is -2.06. The van der Waals surface area contributed by atoms with Crippen molar-refractivity contribution in [2.45, 2.75) is 13.3 Å². The average Bonchev–Trinajstić information content (AvgIpc) is 3.08. The monoisotopic (exact) mass is 380 g/mol. The highest BCUT2D eigenvalue weighted by Gasteiger charge is 2.17. The maximum atomic E-state index is 12.4. The Hall–Kier alpha value is -3.12. The first-order valence-corrected chi connectivity index (χ1v) is 9.39. The van der Waals surface area contributed by atoms with Gasteiger partial charge in [-0.2, -0.15) is 0 Å². The van der Waals surface area contributed by atoms with Gasteiger partial charge in [0.15, 0.2) is 0 Å². The molecule has 2 aromatic carbocycles. The van der Waals surface area contributed by atoms with Gasteiger partial charge < -0.3 is 15.8 Å². The highest BCUT2D eigenvalue weighted by atomic mass is 32.1. The normalized spacial score (nSPS) is 10.4. The molecule has 5 nitrogen and oxygen atoms in total. The van der Waals surface area contributed by atoms with Crippen molar-refractivity contribution in [1.29, 1.82) is 0 Å². The van der Waals surface area contributed by atoms with Crippen molar-refractivity contribution in [2.75, 3.05) is 11.9 Å². The van der Waals surface area contributed by atoms with Crippen molar-refractivity contribution in [1.82, 2.24) is 0 Å². The molecule has 0 aliphatic heterocycles. The Labute approximate surface area is 161 Å². The van der Waals surface area contributed by atoms with Crippen LogP contribution in [0.5, 0.6) is 5.75 Å². The van der Waals surface area contributed by atoms with E-state index in [1.54, 1.807) is 6.07 Å². The van der Waals surface area contributed by atoms with Gasteiger partial charge in [-0.15, -0.1) is 11.3 Å². The largest absolute Gasteiger partial charge is 0.494 e. The summed E-state index contributed by atoms with van der Waals surface area (Å²) >= 11 is 1.34. The van der Waals surface area contributed by atoms with E-state index in [0.29, 0.717) is 17.2 Å². The Kier molecular flexibility index (Phi) is 5.88. The number of anilines is 1. The number of carbonyl (C=O) groups excluding carboxylic acids is 2. The van der Waals surface area contributed by atoms with Crippen LogP contribution in [-0.2, 0) is 11.2 Å². The van der Waals surface area contributed by atoms with Crippen molar-refractivity contribution >= 4 is 28.2 Å². The molecule has 0 saturated heterocycles. The van der Waals surface area contributed by atoms with Crippen LogP contribution >= 0.6 is 11.3 Å². The van der Waals surface area contributed by atoms with Crippen LogP contribution in [0, 0.1) is 0 Å². The molecule has 0 fully saturated rings. The van der Waals surface area contributed by atoms with E-state index in [4.69, 9.17) is 10.5 Å². The summed E-state index contributed by atoms with van der Waals surface area (Å²) in [6.07, 6.45) is 0.198. The maximum Gasteiger partial charge on any atom is 0.251 e. The third-order valence-electron chi connectivity index (χ3n) is 3.91. The van der Waals surface area contributed by atoms with E-state index in [9.17, 15) is 9.59 Å². The zero-order valence-electron chi connectivity index (χ0n) is 14.9. The molecule has 6 heteroatoms. The molecule has 0 spiro atoms. The topological polar surface area (TPSA) is 81.4 Å². The van der Waals surface area contributed by atoms with Crippen LogP contribution in [0.1, 0.15) is 22.8 Å². The Balaban J connectivity index is 1.75. The molecule has 0 unspecified atom stereocenters. The predicted molar refractivity (Wildman–Crippen MR) is 108 cm³/mol. The molecule has 0 aliphatic rings. The third-order valence-corrected chi connectivity index (χ3v) is 5.01. The molecular formula is C21H20N2O3S. The molecule has 2 amide bonds. The second-order valence-corrected chi connectivity index (χ2v) is 6.94. The summed E-state index contributed by atoms with van der Waals surface area (Å²) in [7, 11) is 0. The molecule has 0 atom stereocenters. The Morgan fingerprint density at radius 1 is 1.07 bits per heavy atom. The molecule has 3 rings (SSSR count). The van der Waals surface area contributed by atoms with Gasteiger partial charge in [0, 0.05) is 4.88 Å². The molecule has 1 aromatic heterocycles. The summed E-state index contributed by atoms with van der Waals surface area (Å²) < 4.78 is 5.40. The summed E-state index contributed by atoms with van der Waals surface area (Å²) in [5.41, 5.74) is 7.63. The zero-order valence-corrected chi connectivity index (χ0v) is 15.7.